The predicted molar refractivity (Wildman–Crippen MR) is 80.0 cm³/mol. The van der Waals surface area contributed by atoms with Gasteiger partial charge >= 0.3 is 5.97 Å². The number of carboxylic acids is 1. The molecule has 1 aromatic heterocycles. The summed E-state index contributed by atoms with van der Waals surface area (Å²) >= 11 is 0. The molecule has 0 saturated carbocycles. The molecule has 3 aromatic rings. The Morgan fingerprint density at radius 1 is 1.10 bits per heavy atom. The van der Waals surface area contributed by atoms with Crippen LogP contribution in [0.25, 0.3) is 10.8 Å². The Kier molecular flexibility index (Phi) is 3.28. The first-order valence-corrected chi connectivity index (χ1v) is 6.51. The Morgan fingerprint density at radius 3 is 2.67 bits per heavy atom. The molecule has 0 aliphatic rings. The standard InChI is InChI=1S/C17H13NO3/c1-11-9-13(17(19)20)10-16(18-11)21-15-8-4-6-12-5-2-3-7-14(12)15/h2-10H,1H3,(H,19,20). The van der Waals surface area contributed by atoms with E-state index in [9.17, 15) is 4.79 Å². The van der Waals surface area contributed by atoms with Gasteiger partial charge in [-0.25, -0.2) is 9.78 Å². The molecular formula is C17H13NO3. The summed E-state index contributed by atoms with van der Waals surface area (Å²) in [5.41, 5.74) is 0.767. The number of benzene rings is 2. The van der Waals surface area contributed by atoms with Crippen LogP contribution >= 0.6 is 0 Å². The SMILES string of the molecule is Cc1cc(C(=O)O)cc(Oc2cccc3ccccc23)n1. The summed E-state index contributed by atoms with van der Waals surface area (Å²) in [6.45, 7) is 1.74. The number of hydrogen-bond acceptors (Lipinski definition) is 3. The summed E-state index contributed by atoms with van der Waals surface area (Å²) in [5, 5.41) is 11.1. The first kappa shape index (κ1) is 13.1. The molecule has 0 atom stereocenters. The first-order chi connectivity index (χ1) is 10.1. The lowest BCUT2D eigenvalue weighted by Gasteiger charge is -2.09. The van der Waals surface area contributed by atoms with Crippen molar-refractivity contribution in [1.82, 2.24) is 4.98 Å². The van der Waals surface area contributed by atoms with Crippen LogP contribution in [0.3, 0.4) is 0 Å². The maximum absolute atomic E-state index is 11.1. The summed E-state index contributed by atoms with van der Waals surface area (Å²) in [5.74, 6) is -0.0606. The van der Waals surface area contributed by atoms with Crippen LogP contribution in [0.5, 0.6) is 11.6 Å². The van der Waals surface area contributed by atoms with E-state index in [1.807, 2.05) is 42.5 Å². The molecule has 3 rings (SSSR count). The van der Waals surface area contributed by atoms with Gasteiger partial charge in [0.1, 0.15) is 5.75 Å². The highest BCUT2D eigenvalue weighted by atomic mass is 16.5. The number of hydrogen-bond donors (Lipinski definition) is 1. The van der Waals surface area contributed by atoms with Crippen molar-refractivity contribution in [1.29, 1.82) is 0 Å². The highest BCUT2D eigenvalue weighted by molar-refractivity contribution is 5.89. The third-order valence-electron chi connectivity index (χ3n) is 3.14. The van der Waals surface area contributed by atoms with Crippen LogP contribution in [0.2, 0.25) is 0 Å². The number of aryl methyl sites for hydroxylation is 1. The summed E-state index contributed by atoms with van der Waals surface area (Å²) in [7, 11) is 0. The number of pyridine rings is 1. The molecule has 104 valence electrons. The minimum Gasteiger partial charge on any atom is -0.478 e. The fourth-order valence-corrected chi connectivity index (χ4v) is 2.21. The first-order valence-electron chi connectivity index (χ1n) is 6.51. The topological polar surface area (TPSA) is 59.4 Å². The number of aromatic nitrogens is 1. The van der Waals surface area contributed by atoms with E-state index in [2.05, 4.69) is 4.98 Å². The molecule has 0 amide bonds. The van der Waals surface area contributed by atoms with Gasteiger partial charge in [0.2, 0.25) is 5.88 Å². The van der Waals surface area contributed by atoms with Crippen LogP contribution in [-0.2, 0) is 0 Å². The molecular weight excluding hydrogens is 266 g/mol. The zero-order valence-corrected chi connectivity index (χ0v) is 11.4. The van der Waals surface area contributed by atoms with E-state index >= 15 is 0 Å². The lowest BCUT2D eigenvalue weighted by molar-refractivity contribution is 0.0696. The van der Waals surface area contributed by atoms with Crippen LogP contribution in [0.1, 0.15) is 16.1 Å². The number of aromatic carboxylic acids is 1. The molecule has 0 aliphatic heterocycles. The summed E-state index contributed by atoms with van der Waals surface area (Å²) in [6.07, 6.45) is 0. The number of nitrogens with zero attached hydrogens (tertiary/aromatic N) is 1. The molecule has 0 unspecified atom stereocenters. The van der Waals surface area contributed by atoms with Crippen molar-refractivity contribution < 1.29 is 14.6 Å². The zero-order valence-electron chi connectivity index (χ0n) is 11.4. The second-order valence-corrected chi connectivity index (χ2v) is 4.72. The van der Waals surface area contributed by atoms with Gasteiger partial charge in [-0.3, -0.25) is 0 Å². The fourth-order valence-electron chi connectivity index (χ4n) is 2.21. The number of rotatable bonds is 3. The Bertz CT molecular complexity index is 822. The summed E-state index contributed by atoms with van der Waals surface area (Å²) < 4.78 is 5.79. The fraction of sp³-hybridized carbons (Fsp3) is 0.0588. The number of fused-ring (bicyclic) bond motifs is 1. The number of carbonyl (C=O) groups is 1. The van der Waals surface area contributed by atoms with E-state index in [1.54, 1.807) is 6.92 Å². The predicted octanol–water partition coefficient (Wildman–Crippen LogP) is 4.03. The highest BCUT2D eigenvalue weighted by Gasteiger charge is 2.09. The maximum atomic E-state index is 11.1. The van der Waals surface area contributed by atoms with Crippen LogP contribution in [0.4, 0.5) is 0 Å². The third kappa shape index (κ3) is 2.69. The molecule has 0 saturated heterocycles. The van der Waals surface area contributed by atoms with Crippen molar-refractivity contribution in [3.05, 3.63) is 65.9 Å². The lowest BCUT2D eigenvalue weighted by atomic mass is 10.1. The van der Waals surface area contributed by atoms with Gasteiger partial charge < -0.3 is 9.84 Å². The van der Waals surface area contributed by atoms with Gasteiger partial charge in [-0.15, -0.1) is 0 Å². The number of carboxylic acid groups (broad SMARTS) is 1. The Balaban J connectivity index is 2.05. The molecule has 0 aliphatic carbocycles. The second-order valence-electron chi connectivity index (χ2n) is 4.72. The average molecular weight is 279 g/mol. The second kappa shape index (κ2) is 5.25. The van der Waals surface area contributed by atoms with Crippen molar-refractivity contribution >= 4 is 16.7 Å². The van der Waals surface area contributed by atoms with Gasteiger partial charge in [0.15, 0.2) is 0 Å². The van der Waals surface area contributed by atoms with Crippen molar-refractivity contribution in [2.24, 2.45) is 0 Å². The minimum atomic E-state index is -0.997. The quantitative estimate of drug-likeness (QED) is 0.786. The van der Waals surface area contributed by atoms with E-state index in [0.717, 1.165) is 10.8 Å². The van der Waals surface area contributed by atoms with Crippen molar-refractivity contribution in [2.45, 2.75) is 6.92 Å². The molecule has 0 spiro atoms. The van der Waals surface area contributed by atoms with Crippen molar-refractivity contribution in [2.75, 3.05) is 0 Å². The molecule has 0 bridgehead atoms. The van der Waals surface area contributed by atoms with Crippen molar-refractivity contribution in [3.8, 4) is 11.6 Å². The Labute approximate surface area is 121 Å². The van der Waals surface area contributed by atoms with Gasteiger partial charge in [-0.2, -0.15) is 0 Å². The molecule has 4 nitrogen and oxygen atoms in total. The van der Waals surface area contributed by atoms with Gasteiger partial charge in [-0.1, -0.05) is 36.4 Å². The zero-order chi connectivity index (χ0) is 14.8. The maximum Gasteiger partial charge on any atom is 0.335 e. The summed E-state index contributed by atoms with van der Waals surface area (Å²) in [4.78, 5) is 15.3. The smallest absolute Gasteiger partial charge is 0.335 e. The van der Waals surface area contributed by atoms with E-state index in [0.29, 0.717) is 11.4 Å². The molecule has 4 heteroatoms. The minimum absolute atomic E-state index is 0.165. The molecule has 0 fully saturated rings. The van der Waals surface area contributed by atoms with Crippen molar-refractivity contribution in [3.63, 3.8) is 0 Å². The normalized spacial score (nSPS) is 10.5. The summed E-state index contributed by atoms with van der Waals surface area (Å²) in [6, 6.07) is 16.5. The Hall–Kier alpha value is -2.88. The monoisotopic (exact) mass is 279 g/mol. The van der Waals surface area contributed by atoms with Crippen LogP contribution in [0.15, 0.2) is 54.6 Å². The molecule has 1 heterocycles. The molecule has 2 aromatic carbocycles. The lowest BCUT2D eigenvalue weighted by Crippen LogP contribution is -2.00. The number of ether oxygens (including phenoxy) is 1. The van der Waals surface area contributed by atoms with Crippen LogP contribution < -0.4 is 4.74 Å². The third-order valence-corrected chi connectivity index (χ3v) is 3.14. The average Bonchev–Trinajstić information content (AvgIpc) is 2.47. The molecule has 0 radical (unpaired) electrons. The largest absolute Gasteiger partial charge is 0.478 e. The van der Waals surface area contributed by atoms with E-state index < -0.39 is 5.97 Å². The molecule has 1 N–H and O–H groups in total. The van der Waals surface area contributed by atoms with E-state index in [-0.39, 0.29) is 11.4 Å². The van der Waals surface area contributed by atoms with Crippen LogP contribution in [0, 0.1) is 6.92 Å². The Morgan fingerprint density at radius 2 is 1.86 bits per heavy atom. The van der Waals surface area contributed by atoms with E-state index in [1.165, 1.54) is 12.1 Å². The molecule has 21 heavy (non-hydrogen) atoms. The van der Waals surface area contributed by atoms with Gasteiger partial charge in [0.05, 0.1) is 5.56 Å². The van der Waals surface area contributed by atoms with E-state index in [4.69, 9.17) is 9.84 Å². The van der Waals surface area contributed by atoms with Gasteiger partial charge in [0, 0.05) is 17.1 Å². The van der Waals surface area contributed by atoms with Crippen LogP contribution in [-0.4, -0.2) is 16.1 Å². The highest BCUT2D eigenvalue weighted by Crippen LogP contribution is 2.29. The van der Waals surface area contributed by atoms with Gasteiger partial charge in [-0.05, 0) is 24.4 Å². The van der Waals surface area contributed by atoms with Gasteiger partial charge in [0.25, 0.3) is 0 Å².